The summed E-state index contributed by atoms with van der Waals surface area (Å²) < 4.78 is 4.89. The van der Waals surface area contributed by atoms with E-state index in [2.05, 4.69) is 27.4 Å². The van der Waals surface area contributed by atoms with E-state index in [4.69, 9.17) is 14.9 Å². The first-order chi connectivity index (χ1) is 7.43. The fraction of sp³-hybridized carbons (Fsp3) is 0.538. The third kappa shape index (κ3) is 18.5. The van der Waals surface area contributed by atoms with Crippen LogP contribution in [0.3, 0.4) is 0 Å². The van der Waals surface area contributed by atoms with Gasteiger partial charge in [0.1, 0.15) is 18.1 Å². The highest BCUT2D eigenvalue weighted by Gasteiger charge is 1.90. The molecule has 16 heavy (non-hydrogen) atoms. The van der Waals surface area contributed by atoms with E-state index < -0.39 is 0 Å². The molecule has 0 heterocycles. The Bertz CT molecular complexity index is 225. The predicted octanol–water partition coefficient (Wildman–Crippen LogP) is 3.19. The molecule has 0 aromatic rings. The van der Waals surface area contributed by atoms with Crippen LogP contribution in [0.2, 0.25) is 0 Å². The molecule has 3 heteroatoms. The van der Waals surface area contributed by atoms with Gasteiger partial charge in [-0.25, -0.2) is 0 Å². The maximum atomic E-state index is 9.09. The quantitative estimate of drug-likeness (QED) is 0.561. The van der Waals surface area contributed by atoms with E-state index in [1.807, 2.05) is 0 Å². The van der Waals surface area contributed by atoms with Crippen molar-refractivity contribution >= 4 is 0 Å². The molecule has 0 atom stereocenters. The molecule has 0 fully saturated rings. The molecule has 0 saturated heterocycles. The summed E-state index contributed by atoms with van der Waals surface area (Å²) in [6.45, 7) is 11.9. The molecule has 0 spiro atoms. The van der Waals surface area contributed by atoms with Gasteiger partial charge >= 0.3 is 0 Å². The summed E-state index contributed by atoms with van der Waals surface area (Å²) in [5.41, 5.74) is 0. The molecule has 0 bridgehead atoms. The molecule has 0 rings (SSSR count). The Morgan fingerprint density at radius 1 is 1.38 bits per heavy atom. The maximum absolute atomic E-state index is 9.09. The van der Waals surface area contributed by atoms with Crippen LogP contribution in [0, 0.1) is 5.92 Å². The zero-order valence-electron chi connectivity index (χ0n) is 10.7. The van der Waals surface area contributed by atoms with Gasteiger partial charge < -0.3 is 14.9 Å². The van der Waals surface area contributed by atoms with Gasteiger partial charge in [0.25, 0.3) is 0 Å². The summed E-state index contributed by atoms with van der Waals surface area (Å²) in [6, 6.07) is 0. The molecule has 94 valence electrons. The molecule has 0 aromatic carbocycles. The van der Waals surface area contributed by atoms with Crippen molar-refractivity contribution < 1.29 is 14.9 Å². The Labute approximate surface area is 98.8 Å². The van der Waals surface area contributed by atoms with Crippen molar-refractivity contribution in [3.05, 3.63) is 36.3 Å². The SMILES string of the molecule is C=C(/C=C(O)\C=C/C)OCCO.CC(C)C. The standard InChI is InChI=1S/C9H14O3.C4H10/c1-3-4-9(11)7-8(2)12-6-5-10;1-4(2)3/h3-4,7,10-11H,2,5-6H2,1H3;4H,1-3H3/b4-3-,9-7+;. The second-order valence-corrected chi connectivity index (χ2v) is 3.84. The van der Waals surface area contributed by atoms with Gasteiger partial charge in [-0.15, -0.1) is 0 Å². The van der Waals surface area contributed by atoms with E-state index in [0.717, 1.165) is 5.92 Å². The lowest BCUT2D eigenvalue weighted by atomic mass is 10.3. The van der Waals surface area contributed by atoms with Crippen LogP contribution in [0.15, 0.2) is 36.3 Å². The zero-order valence-corrected chi connectivity index (χ0v) is 10.7. The van der Waals surface area contributed by atoms with Gasteiger partial charge in [0.2, 0.25) is 0 Å². The minimum Gasteiger partial charge on any atom is -0.508 e. The van der Waals surface area contributed by atoms with Gasteiger partial charge in [0, 0.05) is 6.08 Å². The van der Waals surface area contributed by atoms with Gasteiger partial charge in [0.05, 0.1) is 6.61 Å². The number of allylic oxidation sites excluding steroid dienone is 3. The van der Waals surface area contributed by atoms with Crippen molar-refractivity contribution in [2.75, 3.05) is 13.2 Å². The molecule has 0 aliphatic heterocycles. The number of rotatable bonds is 5. The Balaban J connectivity index is 0. The topological polar surface area (TPSA) is 49.7 Å². The fourth-order valence-electron chi connectivity index (χ4n) is 0.602. The molecule has 3 nitrogen and oxygen atoms in total. The Morgan fingerprint density at radius 3 is 2.25 bits per heavy atom. The van der Waals surface area contributed by atoms with Crippen LogP contribution in [0.4, 0.5) is 0 Å². The third-order valence-electron chi connectivity index (χ3n) is 1.03. The first-order valence-corrected chi connectivity index (χ1v) is 5.39. The summed E-state index contributed by atoms with van der Waals surface area (Å²) in [4.78, 5) is 0. The first kappa shape index (κ1) is 17.2. The second-order valence-electron chi connectivity index (χ2n) is 3.84. The van der Waals surface area contributed by atoms with E-state index >= 15 is 0 Å². The second kappa shape index (κ2) is 11.9. The van der Waals surface area contributed by atoms with Gasteiger partial charge in [-0.05, 0) is 18.9 Å². The van der Waals surface area contributed by atoms with Crippen molar-refractivity contribution in [3.8, 4) is 0 Å². The minimum atomic E-state index is -0.0583. The molecule has 0 aliphatic rings. The highest BCUT2D eigenvalue weighted by Crippen LogP contribution is 2.00. The largest absolute Gasteiger partial charge is 0.508 e. The van der Waals surface area contributed by atoms with Crippen molar-refractivity contribution in [1.29, 1.82) is 0 Å². The van der Waals surface area contributed by atoms with E-state index in [1.165, 1.54) is 12.2 Å². The lowest BCUT2D eigenvalue weighted by molar-refractivity contribution is 0.152. The van der Waals surface area contributed by atoms with E-state index in [-0.39, 0.29) is 19.0 Å². The van der Waals surface area contributed by atoms with Crippen molar-refractivity contribution in [2.45, 2.75) is 27.7 Å². The van der Waals surface area contributed by atoms with Crippen molar-refractivity contribution in [1.82, 2.24) is 0 Å². The Kier molecular flexibility index (Phi) is 12.7. The number of aliphatic hydroxyl groups is 2. The number of aliphatic hydroxyl groups excluding tert-OH is 2. The zero-order chi connectivity index (χ0) is 13.0. The summed E-state index contributed by atoms with van der Waals surface area (Å²) in [7, 11) is 0. The van der Waals surface area contributed by atoms with Crippen LogP contribution < -0.4 is 0 Å². The molecule has 0 aromatic heterocycles. The summed E-state index contributed by atoms with van der Waals surface area (Å²) in [5, 5.41) is 17.5. The van der Waals surface area contributed by atoms with Crippen LogP contribution in [0.5, 0.6) is 0 Å². The van der Waals surface area contributed by atoms with E-state index in [1.54, 1.807) is 13.0 Å². The molecule has 0 radical (unpaired) electrons. The molecular formula is C13H24O3. The highest BCUT2D eigenvalue weighted by atomic mass is 16.5. The van der Waals surface area contributed by atoms with Crippen molar-refractivity contribution in [3.63, 3.8) is 0 Å². The Hall–Kier alpha value is -1.22. The molecule has 0 amide bonds. The van der Waals surface area contributed by atoms with Crippen LogP contribution in [0.1, 0.15) is 27.7 Å². The van der Waals surface area contributed by atoms with E-state index in [0.29, 0.717) is 5.76 Å². The maximum Gasteiger partial charge on any atom is 0.118 e. The summed E-state index contributed by atoms with van der Waals surface area (Å²) in [6.07, 6.45) is 4.61. The lowest BCUT2D eigenvalue weighted by Gasteiger charge is -2.02. The Morgan fingerprint density at radius 2 is 1.88 bits per heavy atom. The smallest absolute Gasteiger partial charge is 0.118 e. The molecule has 0 unspecified atom stereocenters. The van der Waals surface area contributed by atoms with E-state index in [9.17, 15) is 0 Å². The molecule has 2 N–H and O–H groups in total. The highest BCUT2D eigenvalue weighted by molar-refractivity contribution is 5.19. The summed E-state index contributed by atoms with van der Waals surface area (Å²) >= 11 is 0. The fourth-order valence-corrected chi connectivity index (χ4v) is 0.602. The first-order valence-electron chi connectivity index (χ1n) is 5.39. The molecule has 0 aliphatic carbocycles. The van der Waals surface area contributed by atoms with Gasteiger partial charge in [0.15, 0.2) is 0 Å². The average molecular weight is 228 g/mol. The van der Waals surface area contributed by atoms with Gasteiger partial charge in [-0.2, -0.15) is 0 Å². The average Bonchev–Trinajstić information content (AvgIpc) is 2.14. The monoisotopic (exact) mass is 228 g/mol. The third-order valence-corrected chi connectivity index (χ3v) is 1.03. The van der Waals surface area contributed by atoms with Gasteiger partial charge in [-0.3, -0.25) is 0 Å². The molecular weight excluding hydrogens is 204 g/mol. The normalized spacial score (nSPS) is 11.2. The van der Waals surface area contributed by atoms with Crippen molar-refractivity contribution in [2.24, 2.45) is 5.92 Å². The number of hydrogen-bond donors (Lipinski definition) is 2. The minimum absolute atomic E-state index is 0.0583. The van der Waals surface area contributed by atoms with Crippen LogP contribution >= 0.6 is 0 Å². The van der Waals surface area contributed by atoms with Crippen LogP contribution in [0.25, 0.3) is 0 Å². The summed E-state index contributed by atoms with van der Waals surface area (Å²) in [5.74, 6) is 1.25. The van der Waals surface area contributed by atoms with Gasteiger partial charge in [-0.1, -0.05) is 33.4 Å². The molecule has 0 saturated carbocycles. The number of hydrogen-bond acceptors (Lipinski definition) is 3. The van der Waals surface area contributed by atoms with Crippen LogP contribution in [-0.4, -0.2) is 23.4 Å². The predicted molar refractivity (Wildman–Crippen MR) is 68.2 cm³/mol. The number of ether oxygens (including phenoxy) is 1. The lowest BCUT2D eigenvalue weighted by Crippen LogP contribution is -1.96. The van der Waals surface area contributed by atoms with Crippen LogP contribution in [-0.2, 0) is 4.74 Å².